The van der Waals surface area contributed by atoms with Crippen LogP contribution in [0.4, 0.5) is 4.39 Å². The van der Waals surface area contributed by atoms with E-state index in [0.717, 1.165) is 95.3 Å². The number of aromatic nitrogens is 3. The van der Waals surface area contributed by atoms with Gasteiger partial charge in [-0.1, -0.05) is 23.7 Å². The third kappa shape index (κ3) is 8.83. The lowest BCUT2D eigenvalue weighted by molar-refractivity contribution is 0.0406. The average molecular weight is 704 g/mol. The van der Waals surface area contributed by atoms with Crippen molar-refractivity contribution in [2.75, 3.05) is 26.3 Å². The Morgan fingerprint density at radius 1 is 1.16 bits per heavy atom. The zero-order chi connectivity index (χ0) is 35.2. The second-order valence-electron chi connectivity index (χ2n) is 14.3. The van der Waals surface area contributed by atoms with E-state index >= 15 is 4.39 Å². The van der Waals surface area contributed by atoms with Gasteiger partial charge in [0, 0.05) is 55.0 Å². The second-order valence-corrected chi connectivity index (χ2v) is 14.7. The summed E-state index contributed by atoms with van der Waals surface area (Å²) in [5.41, 5.74) is 9.69. The normalized spacial score (nSPS) is 19.5. The molecule has 268 valence electrons. The third-order valence-corrected chi connectivity index (χ3v) is 10.7. The number of nitrogens with one attached hydrogen (secondary N) is 3. The standard InChI is InChI=1S/C39H51ClFN7O2/c1-25(42)5-3-6-28-21-33(37(41)34(40)22-28)35-23-30-24-48(39(49)46-38(30)45-35)32-11-9-29(10-12-32)36-8-4-7-31(13-17-44-26(2)43)47(36)18-14-27-15-19-50-20-16-27/h9-12,21-25,27,31,36H,3-8,13-20,42H2,1-2H3,(H2,43,44)(H,45,46,49)/t25-,31-,36-/m0/s1. The van der Waals surface area contributed by atoms with Crippen molar-refractivity contribution < 1.29 is 9.13 Å². The van der Waals surface area contributed by atoms with Crippen LogP contribution in [0.2, 0.25) is 5.02 Å². The van der Waals surface area contributed by atoms with Gasteiger partial charge in [0.1, 0.15) is 5.65 Å². The minimum Gasteiger partial charge on any atom is -0.381 e. The van der Waals surface area contributed by atoms with Crippen LogP contribution in [0.5, 0.6) is 0 Å². The van der Waals surface area contributed by atoms with Crippen molar-refractivity contribution in [2.45, 2.75) is 96.2 Å². The number of rotatable bonds is 13. The number of ether oxygens (including phenoxy) is 1. The summed E-state index contributed by atoms with van der Waals surface area (Å²) in [7, 11) is 0. The molecule has 0 spiro atoms. The Balaban J connectivity index is 1.23. The van der Waals surface area contributed by atoms with Crippen molar-refractivity contribution in [1.29, 1.82) is 5.41 Å². The van der Waals surface area contributed by atoms with E-state index in [-0.39, 0.29) is 11.1 Å². The van der Waals surface area contributed by atoms with Crippen molar-refractivity contribution in [3.63, 3.8) is 0 Å². The highest BCUT2D eigenvalue weighted by molar-refractivity contribution is 6.31. The van der Waals surface area contributed by atoms with Crippen molar-refractivity contribution >= 4 is 28.5 Å². The third-order valence-electron chi connectivity index (χ3n) is 10.5. The first-order valence-electron chi connectivity index (χ1n) is 18.3. The summed E-state index contributed by atoms with van der Waals surface area (Å²) >= 11 is 6.31. The lowest BCUT2D eigenvalue weighted by Gasteiger charge is -2.43. The van der Waals surface area contributed by atoms with Crippen molar-refractivity contribution in [1.82, 2.24) is 24.8 Å². The molecule has 2 aliphatic rings. The maximum absolute atomic E-state index is 15.3. The second kappa shape index (κ2) is 16.6. The lowest BCUT2D eigenvalue weighted by atomic mass is 9.87. The maximum Gasteiger partial charge on any atom is 0.354 e. The topological polar surface area (TPSA) is 125 Å². The molecule has 0 radical (unpaired) electrons. The number of aryl methyl sites for hydroxylation is 1. The SMILES string of the molecule is CC(=N)NCC[C@@H]1CCC[C@@H](c2ccc(-n3cc4cc(-c5cc(CCC[C@H](C)N)cc(Cl)c5F)[nH]c4nc3=O)cc2)N1CCC1CCOCC1. The zero-order valence-electron chi connectivity index (χ0n) is 29.3. The van der Waals surface area contributed by atoms with E-state index in [1.54, 1.807) is 23.8 Å². The number of H-pyrrole nitrogens is 1. The predicted molar refractivity (Wildman–Crippen MR) is 200 cm³/mol. The fourth-order valence-corrected chi connectivity index (χ4v) is 7.97. The number of fused-ring (bicyclic) bond motifs is 1. The van der Waals surface area contributed by atoms with E-state index in [9.17, 15) is 4.79 Å². The number of hydrogen-bond acceptors (Lipinski definition) is 6. The van der Waals surface area contributed by atoms with Crippen molar-refractivity contribution in [3.05, 3.63) is 81.1 Å². The Morgan fingerprint density at radius 2 is 1.94 bits per heavy atom. The lowest BCUT2D eigenvalue weighted by Crippen LogP contribution is -2.44. The van der Waals surface area contributed by atoms with Crippen LogP contribution >= 0.6 is 11.6 Å². The van der Waals surface area contributed by atoms with E-state index in [4.69, 9.17) is 27.5 Å². The number of hydrogen-bond donors (Lipinski definition) is 4. The molecular weight excluding hydrogens is 653 g/mol. The van der Waals surface area contributed by atoms with Gasteiger partial charge in [-0.05, 0) is 132 Å². The van der Waals surface area contributed by atoms with Crippen LogP contribution in [0.1, 0.15) is 88.8 Å². The molecule has 0 amide bonds. The van der Waals surface area contributed by atoms with Gasteiger partial charge in [-0.2, -0.15) is 4.98 Å². The Bertz CT molecular complexity index is 1820. The largest absolute Gasteiger partial charge is 0.381 e. The summed E-state index contributed by atoms with van der Waals surface area (Å²) in [5, 5.41) is 11.8. The molecule has 2 fully saturated rings. The Morgan fingerprint density at radius 3 is 2.68 bits per heavy atom. The molecule has 2 aromatic heterocycles. The first-order chi connectivity index (χ1) is 24.2. The molecule has 3 atom stereocenters. The molecule has 5 N–H and O–H groups in total. The summed E-state index contributed by atoms with van der Waals surface area (Å²) in [5.74, 6) is 0.699. The Kier molecular flexibility index (Phi) is 12.1. The number of amidine groups is 1. The molecule has 0 saturated carbocycles. The number of aromatic amines is 1. The van der Waals surface area contributed by atoms with E-state index in [1.807, 2.05) is 31.2 Å². The monoisotopic (exact) mass is 703 g/mol. The highest BCUT2D eigenvalue weighted by atomic mass is 35.5. The summed E-state index contributed by atoms with van der Waals surface area (Å²) in [6.45, 7) is 7.34. The van der Waals surface area contributed by atoms with Gasteiger partial charge in [-0.3, -0.25) is 14.9 Å². The summed E-state index contributed by atoms with van der Waals surface area (Å²) in [6, 6.07) is 14.5. The minimum absolute atomic E-state index is 0.0640. The first-order valence-corrected chi connectivity index (χ1v) is 18.6. The molecule has 9 nitrogen and oxygen atoms in total. The van der Waals surface area contributed by atoms with Crippen LogP contribution in [-0.2, 0) is 11.2 Å². The molecule has 4 heterocycles. The number of halogens is 2. The molecular formula is C39H51ClFN7O2. The van der Waals surface area contributed by atoms with Gasteiger partial charge in [0.15, 0.2) is 5.82 Å². The number of benzene rings is 2. The highest BCUT2D eigenvalue weighted by Crippen LogP contribution is 2.37. The van der Waals surface area contributed by atoms with Crippen LogP contribution in [0.25, 0.3) is 28.0 Å². The molecule has 2 aliphatic heterocycles. The summed E-state index contributed by atoms with van der Waals surface area (Å²) in [6.07, 6.45) is 12.1. The summed E-state index contributed by atoms with van der Waals surface area (Å²) in [4.78, 5) is 23.5. The highest BCUT2D eigenvalue weighted by Gasteiger charge is 2.32. The van der Waals surface area contributed by atoms with Crippen LogP contribution in [0.15, 0.2) is 53.5 Å². The van der Waals surface area contributed by atoms with Crippen LogP contribution < -0.4 is 16.7 Å². The molecule has 6 rings (SSSR count). The van der Waals surface area contributed by atoms with Gasteiger partial charge < -0.3 is 20.8 Å². The zero-order valence-corrected chi connectivity index (χ0v) is 30.1. The van der Waals surface area contributed by atoms with Crippen LogP contribution in [0.3, 0.4) is 0 Å². The van der Waals surface area contributed by atoms with Gasteiger partial charge in [-0.15, -0.1) is 0 Å². The molecule has 0 bridgehead atoms. The van der Waals surface area contributed by atoms with Crippen LogP contribution in [0, 0.1) is 17.1 Å². The maximum atomic E-state index is 15.3. The summed E-state index contributed by atoms with van der Waals surface area (Å²) < 4.78 is 22.4. The molecule has 4 aromatic rings. The number of nitrogens with two attached hydrogens (primary N) is 1. The van der Waals surface area contributed by atoms with Crippen molar-refractivity contribution in [2.24, 2.45) is 11.7 Å². The van der Waals surface area contributed by atoms with E-state index < -0.39 is 11.5 Å². The molecule has 0 unspecified atom stereocenters. The molecule has 11 heteroatoms. The first kappa shape index (κ1) is 36.2. The minimum atomic E-state index is -0.507. The van der Waals surface area contributed by atoms with Gasteiger partial charge in [-0.25, -0.2) is 9.18 Å². The quantitative estimate of drug-likeness (QED) is 0.0843. The molecule has 50 heavy (non-hydrogen) atoms. The van der Waals surface area contributed by atoms with Gasteiger partial charge in [0.05, 0.1) is 22.2 Å². The fourth-order valence-electron chi connectivity index (χ4n) is 7.73. The van der Waals surface area contributed by atoms with E-state index in [1.165, 1.54) is 12.0 Å². The Hall–Kier alpha value is -3.57. The average Bonchev–Trinajstić information content (AvgIpc) is 3.51. The smallest absolute Gasteiger partial charge is 0.354 e. The predicted octanol–water partition coefficient (Wildman–Crippen LogP) is 7.53. The fraction of sp³-hybridized carbons (Fsp3) is 0.513. The van der Waals surface area contributed by atoms with Gasteiger partial charge in [0.2, 0.25) is 0 Å². The molecule has 2 saturated heterocycles. The number of nitrogens with zero attached hydrogens (tertiary/aromatic N) is 3. The van der Waals surface area contributed by atoms with E-state index in [0.29, 0.717) is 46.1 Å². The molecule has 2 aromatic carbocycles. The number of likely N-dealkylation sites (tertiary alicyclic amines) is 1. The molecule has 0 aliphatic carbocycles. The van der Waals surface area contributed by atoms with Gasteiger partial charge in [0.25, 0.3) is 0 Å². The van der Waals surface area contributed by atoms with E-state index in [2.05, 4.69) is 32.3 Å². The van der Waals surface area contributed by atoms with Gasteiger partial charge >= 0.3 is 5.69 Å². The Labute approximate surface area is 299 Å². The number of piperidine rings is 1. The van der Waals surface area contributed by atoms with Crippen molar-refractivity contribution in [3.8, 4) is 16.9 Å². The van der Waals surface area contributed by atoms with Crippen LogP contribution in [-0.4, -0.2) is 63.7 Å².